The highest BCUT2D eigenvalue weighted by Crippen LogP contribution is 2.21. The molecule has 0 spiro atoms. The van der Waals surface area contributed by atoms with Crippen molar-refractivity contribution in [3.63, 3.8) is 0 Å². The van der Waals surface area contributed by atoms with Gasteiger partial charge in [-0.2, -0.15) is 8.42 Å². The molecule has 5 nitrogen and oxygen atoms in total. The fourth-order valence-electron chi connectivity index (χ4n) is 1.53. The zero-order valence-corrected chi connectivity index (χ0v) is 7.50. The highest BCUT2D eigenvalue weighted by atomic mass is 32.2. The quantitative estimate of drug-likeness (QED) is 0.468. The molecule has 0 saturated heterocycles. The van der Waals surface area contributed by atoms with Crippen LogP contribution in [0.15, 0.2) is 0 Å². The highest BCUT2D eigenvalue weighted by Gasteiger charge is 2.34. The molecule has 1 saturated carbocycles. The minimum absolute atomic E-state index is 0.156. The van der Waals surface area contributed by atoms with Gasteiger partial charge in [-0.3, -0.25) is 4.55 Å². The number of hydrogen-bond donors (Lipinski definition) is 3. The smallest absolute Gasteiger partial charge is 0.269 e. The fourth-order valence-corrected chi connectivity index (χ4v) is 2.59. The third kappa shape index (κ3) is 2.16. The molecule has 0 aromatic carbocycles. The van der Waals surface area contributed by atoms with Crippen molar-refractivity contribution >= 4 is 10.1 Å². The van der Waals surface area contributed by atoms with E-state index in [4.69, 9.17) is 16.0 Å². The lowest BCUT2D eigenvalue weighted by atomic mass is 9.92. The molecule has 0 aromatic rings. The van der Waals surface area contributed by atoms with Gasteiger partial charge in [0.15, 0.2) is 0 Å². The summed E-state index contributed by atoms with van der Waals surface area (Å²) in [5.74, 6) is 0. The second kappa shape index (κ2) is 3.29. The molecule has 5 N–H and O–H groups in total. The Kier molecular flexibility index (Phi) is 2.72. The third-order valence-corrected chi connectivity index (χ3v) is 3.57. The maximum Gasteiger partial charge on any atom is 0.269 e. The van der Waals surface area contributed by atoms with E-state index in [1.54, 1.807) is 0 Å². The molecule has 3 atom stereocenters. The van der Waals surface area contributed by atoms with Gasteiger partial charge in [0.1, 0.15) is 5.25 Å². The first-order valence-corrected chi connectivity index (χ1v) is 5.39. The van der Waals surface area contributed by atoms with Gasteiger partial charge in [-0.1, -0.05) is 0 Å². The van der Waals surface area contributed by atoms with Crippen LogP contribution in [0.5, 0.6) is 0 Å². The summed E-state index contributed by atoms with van der Waals surface area (Å²) in [6, 6.07) is -0.628. The molecular weight excluding hydrogens is 180 g/mol. The minimum atomic E-state index is -4.01. The largest absolute Gasteiger partial charge is 0.328 e. The summed E-state index contributed by atoms with van der Waals surface area (Å²) in [5.41, 5.74) is 11.1. The van der Waals surface area contributed by atoms with Crippen LogP contribution < -0.4 is 11.5 Å². The van der Waals surface area contributed by atoms with Crippen molar-refractivity contribution in [3.8, 4) is 0 Å². The topological polar surface area (TPSA) is 106 Å². The summed E-state index contributed by atoms with van der Waals surface area (Å²) in [6.07, 6.45) is 1.55. The Hall–Kier alpha value is -0.170. The fraction of sp³-hybridized carbons (Fsp3) is 1.00. The summed E-state index contributed by atoms with van der Waals surface area (Å²) in [7, 11) is -4.01. The average Bonchev–Trinajstić information content (AvgIpc) is 1.92. The van der Waals surface area contributed by atoms with Crippen LogP contribution in [0.4, 0.5) is 0 Å². The third-order valence-electron chi connectivity index (χ3n) is 2.27. The van der Waals surface area contributed by atoms with E-state index in [9.17, 15) is 8.42 Å². The average molecular weight is 194 g/mol. The van der Waals surface area contributed by atoms with Gasteiger partial charge in [0.25, 0.3) is 10.1 Å². The van der Waals surface area contributed by atoms with E-state index >= 15 is 0 Å². The molecule has 1 rings (SSSR count). The Balaban J connectivity index is 2.74. The minimum Gasteiger partial charge on any atom is -0.328 e. The van der Waals surface area contributed by atoms with Crippen molar-refractivity contribution < 1.29 is 13.0 Å². The Morgan fingerprint density at radius 1 is 1.25 bits per heavy atom. The van der Waals surface area contributed by atoms with Gasteiger partial charge in [0.05, 0.1) is 0 Å². The van der Waals surface area contributed by atoms with Crippen molar-refractivity contribution in [1.29, 1.82) is 0 Å². The summed E-state index contributed by atoms with van der Waals surface area (Å²) >= 11 is 0. The number of nitrogens with two attached hydrogens (primary N) is 2. The van der Waals surface area contributed by atoms with Crippen LogP contribution in [0.2, 0.25) is 0 Å². The maximum atomic E-state index is 10.8. The Bertz CT molecular complexity index is 252. The molecule has 0 aromatic heterocycles. The Morgan fingerprint density at radius 2 is 1.83 bits per heavy atom. The van der Waals surface area contributed by atoms with E-state index in [1.807, 2.05) is 0 Å². The lowest BCUT2D eigenvalue weighted by Gasteiger charge is -2.29. The van der Waals surface area contributed by atoms with Gasteiger partial charge in [-0.25, -0.2) is 0 Å². The van der Waals surface area contributed by atoms with Crippen molar-refractivity contribution in [1.82, 2.24) is 0 Å². The molecule has 0 heterocycles. The predicted octanol–water partition coefficient (Wildman–Crippen LogP) is -0.919. The number of rotatable bonds is 1. The monoisotopic (exact) mass is 194 g/mol. The van der Waals surface area contributed by atoms with Gasteiger partial charge in [0, 0.05) is 12.1 Å². The molecule has 0 bridgehead atoms. The summed E-state index contributed by atoms with van der Waals surface area (Å²) in [6.45, 7) is 0. The molecule has 3 unspecified atom stereocenters. The zero-order chi connectivity index (χ0) is 9.35. The van der Waals surface area contributed by atoms with Crippen LogP contribution in [0.3, 0.4) is 0 Å². The zero-order valence-electron chi connectivity index (χ0n) is 6.68. The van der Waals surface area contributed by atoms with Crippen molar-refractivity contribution in [2.45, 2.75) is 36.6 Å². The van der Waals surface area contributed by atoms with E-state index in [-0.39, 0.29) is 12.5 Å². The molecule has 12 heavy (non-hydrogen) atoms. The van der Waals surface area contributed by atoms with E-state index < -0.39 is 21.4 Å². The van der Waals surface area contributed by atoms with E-state index in [1.165, 1.54) is 0 Å². The molecule has 0 aliphatic heterocycles. The normalized spacial score (nSPS) is 38.1. The van der Waals surface area contributed by atoms with Crippen LogP contribution in [-0.4, -0.2) is 30.3 Å². The first-order valence-electron chi connectivity index (χ1n) is 3.88. The molecule has 0 amide bonds. The van der Waals surface area contributed by atoms with Crippen LogP contribution in [0, 0.1) is 0 Å². The van der Waals surface area contributed by atoms with Crippen LogP contribution in [-0.2, 0) is 10.1 Å². The van der Waals surface area contributed by atoms with E-state index in [2.05, 4.69) is 0 Å². The molecule has 6 heteroatoms. The van der Waals surface area contributed by atoms with E-state index in [0.717, 1.165) is 6.42 Å². The highest BCUT2D eigenvalue weighted by molar-refractivity contribution is 7.86. The van der Waals surface area contributed by atoms with Gasteiger partial charge in [0.2, 0.25) is 0 Å². The SMILES string of the molecule is NC1CCC(N)C(S(=O)(=O)O)C1. The molecule has 1 aliphatic rings. The summed E-state index contributed by atoms with van der Waals surface area (Å²) in [5, 5.41) is -0.874. The molecule has 0 radical (unpaired) electrons. The standard InChI is InChI=1S/C6H14N2O3S/c7-4-1-2-5(8)6(3-4)12(9,10)11/h4-6H,1-3,7-8H2,(H,9,10,11). The van der Waals surface area contributed by atoms with Gasteiger partial charge >= 0.3 is 0 Å². The van der Waals surface area contributed by atoms with Gasteiger partial charge in [-0.15, -0.1) is 0 Å². The summed E-state index contributed by atoms with van der Waals surface area (Å²) in [4.78, 5) is 0. The molecular formula is C6H14N2O3S. The van der Waals surface area contributed by atoms with Gasteiger partial charge in [-0.05, 0) is 19.3 Å². The summed E-state index contributed by atoms with van der Waals surface area (Å²) < 4.78 is 30.3. The van der Waals surface area contributed by atoms with Crippen LogP contribution in [0.1, 0.15) is 19.3 Å². The lowest BCUT2D eigenvalue weighted by Crippen LogP contribution is -2.48. The Labute approximate surface area is 71.9 Å². The van der Waals surface area contributed by atoms with Crippen LogP contribution in [0.25, 0.3) is 0 Å². The first-order chi connectivity index (χ1) is 5.41. The Morgan fingerprint density at radius 3 is 2.25 bits per heavy atom. The van der Waals surface area contributed by atoms with Crippen LogP contribution >= 0.6 is 0 Å². The van der Waals surface area contributed by atoms with E-state index in [0.29, 0.717) is 6.42 Å². The molecule has 1 aliphatic carbocycles. The molecule has 72 valence electrons. The molecule has 1 fully saturated rings. The van der Waals surface area contributed by atoms with Crippen molar-refractivity contribution in [2.75, 3.05) is 0 Å². The lowest BCUT2D eigenvalue weighted by molar-refractivity contribution is 0.366. The predicted molar refractivity (Wildman–Crippen MR) is 45.1 cm³/mol. The first kappa shape index (κ1) is 9.91. The van der Waals surface area contributed by atoms with Crippen molar-refractivity contribution in [3.05, 3.63) is 0 Å². The maximum absolute atomic E-state index is 10.8. The number of hydrogen-bond acceptors (Lipinski definition) is 4. The van der Waals surface area contributed by atoms with Gasteiger partial charge < -0.3 is 11.5 Å². The second-order valence-electron chi connectivity index (χ2n) is 3.29. The second-order valence-corrected chi connectivity index (χ2v) is 4.93. The van der Waals surface area contributed by atoms with Crippen molar-refractivity contribution in [2.24, 2.45) is 11.5 Å².